The highest BCUT2D eigenvalue weighted by Gasteiger charge is 2.04. The molecule has 0 aliphatic rings. The van der Waals surface area contributed by atoms with Crippen LogP contribution in [0.5, 0.6) is 5.75 Å². The Morgan fingerprint density at radius 2 is 2.05 bits per heavy atom. The van der Waals surface area contributed by atoms with Crippen molar-refractivity contribution in [2.45, 2.75) is 13.3 Å². The Morgan fingerprint density at radius 1 is 1.26 bits per heavy atom. The molecule has 0 unspecified atom stereocenters. The molecule has 0 aromatic heterocycles. The molecule has 0 bridgehead atoms. The first kappa shape index (κ1) is 13.1. The van der Waals surface area contributed by atoms with E-state index in [-0.39, 0.29) is 12.5 Å². The molecule has 0 radical (unpaired) electrons. The lowest BCUT2D eigenvalue weighted by molar-refractivity contribution is -0.123. The SMILES string of the molecule is CCC=NNC(=O)COc1cccc2ccccc12. The van der Waals surface area contributed by atoms with Crippen molar-refractivity contribution in [3.8, 4) is 5.75 Å². The van der Waals surface area contributed by atoms with Crippen molar-refractivity contribution in [1.29, 1.82) is 0 Å². The molecule has 1 N–H and O–H groups in total. The van der Waals surface area contributed by atoms with Crippen molar-refractivity contribution in [2.75, 3.05) is 6.61 Å². The topological polar surface area (TPSA) is 50.7 Å². The van der Waals surface area contributed by atoms with Gasteiger partial charge in [-0.1, -0.05) is 43.3 Å². The molecule has 1 amide bonds. The molecule has 4 nitrogen and oxygen atoms in total. The highest BCUT2D eigenvalue weighted by atomic mass is 16.5. The molecular weight excluding hydrogens is 240 g/mol. The maximum Gasteiger partial charge on any atom is 0.277 e. The van der Waals surface area contributed by atoms with E-state index in [1.807, 2.05) is 49.4 Å². The zero-order chi connectivity index (χ0) is 13.5. The molecule has 0 fully saturated rings. The molecule has 0 aliphatic heterocycles. The second-order valence-electron chi connectivity index (χ2n) is 4.02. The van der Waals surface area contributed by atoms with Crippen LogP contribution in [-0.2, 0) is 4.79 Å². The van der Waals surface area contributed by atoms with Crippen molar-refractivity contribution < 1.29 is 9.53 Å². The van der Waals surface area contributed by atoms with E-state index in [4.69, 9.17) is 4.74 Å². The molecule has 2 aromatic rings. The molecule has 4 heteroatoms. The third kappa shape index (κ3) is 3.55. The van der Waals surface area contributed by atoms with Crippen molar-refractivity contribution in [3.05, 3.63) is 42.5 Å². The number of hydrogen-bond donors (Lipinski definition) is 1. The van der Waals surface area contributed by atoms with Gasteiger partial charge in [0.05, 0.1) is 0 Å². The predicted octanol–water partition coefficient (Wildman–Crippen LogP) is 2.73. The fraction of sp³-hybridized carbons (Fsp3) is 0.200. The van der Waals surface area contributed by atoms with E-state index < -0.39 is 0 Å². The lowest BCUT2D eigenvalue weighted by Crippen LogP contribution is -2.24. The average molecular weight is 256 g/mol. The highest BCUT2D eigenvalue weighted by Crippen LogP contribution is 2.24. The number of hydrogen-bond acceptors (Lipinski definition) is 3. The van der Waals surface area contributed by atoms with Gasteiger partial charge < -0.3 is 4.74 Å². The van der Waals surface area contributed by atoms with Gasteiger partial charge in [-0.2, -0.15) is 5.10 Å². The van der Waals surface area contributed by atoms with Crippen molar-refractivity contribution >= 4 is 22.9 Å². The van der Waals surface area contributed by atoms with Crippen LogP contribution in [0.25, 0.3) is 10.8 Å². The lowest BCUT2D eigenvalue weighted by atomic mass is 10.1. The van der Waals surface area contributed by atoms with Crippen molar-refractivity contribution in [3.63, 3.8) is 0 Å². The first-order valence-corrected chi connectivity index (χ1v) is 6.22. The first-order valence-electron chi connectivity index (χ1n) is 6.22. The van der Waals surface area contributed by atoms with Crippen LogP contribution in [0.1, 0.15) is 13.3 Å². The van der Waals surface area contributed by atoms with Gasteiger partial charge in [-0.25, -0.2) is 5.43 Å². The van der Waals surface area contributed by atoms with E-state index in [0.29, 0.717) is 5.75 Å². The van der Waals surface area contributed by atoms with Crippen LogP contribution in [0.2, 0.25) is 0 Å². The first-order chi connectivity index (χ1) is 9.31. The van der Waals surface area contributed by atoms with Gasteiger partial charge in [-0.3, -0.25) is 4.79 Å². The Morgan fingerprint density at radius 3 is 2.89 bits per heavy atom. The minimum atomic E-state index is -0.266. The molecule has 98 valence electrons. The van der Waals surface area contributed by atoms with Crippen LogP contribution in [0.15, 0.2) is 47.6 Å². The minimum absolute atomic E-state index is 0.0466. The van der Waals surface area contributed by atoms with E-state index >= 15 is 0 Å². The van der Waals surface area contributed by atoms with Crippen LogP contribution in [0.4, 0.5) is 0 Å². The maximum atomic E-state index is 11.5. The number of ether oxygens (including phenoxy) is 1. The van der Waals surface area contributed by atoms with Gasteiger partial charge in [0, 0.05) is 11.6 Å². The summed E-state index contributed by atoms with van der Waals surface area (Å²) in [4.78, 5) is 11.5. The molecule has 19 heavy (non-hydrogen) atoms. The summed E-state index contributed by atoms with van der Waals surface area (Å²) in [6.07, 6.45) is 2.42. The quantitative estimate of drug-likeness (QED) is 0.660. The molecule has 2 rings (SSSR count). The van der Waals surface area contributed by atoms with E-state index in [1.165, 1.54) is 0 Å². The van der Waals surface area contributed by atoms with Crippen LogP contribution < -0.4 is 10.2 Å². The van der Waals surface area contributed by atoms with Crippen LogP contribution in [0.3, 0.4) is 0 Å². The third-order valence-electron chi connectivity index (χ3n) is 2.57. The number of hydrazone groups is 1. The summed E-state index contributed by atoms with van der Waals surface area (Å²) in [5.74, 6) is 0.436. The van der Waals surface area contributed by atoms with Crippen LogP contribution in [0, 0.1) is 0 Å². The minimum Gasteiger partial charge on any atom is -0.483 e. The Labute approximate surface area is 112 Å². The average Bonchev–Trinajstić information content (AvgIpc) is 2.45. The molecule has 0 atom stereocenters. The number of fused-ring (bicyclic) bond motifs is 1. The van der Waals surface area contributed by atoms with E-state index in [1.54, 1.807) is 6.21 Å². The smallest absolute Gasteiger partial charge is 0.277 e. The molecule has 0 spiro atoms. The summed E-state index contributed by atoms with van der Waals surface area (Å²) in [6, 6.07) is 13.7. The molecule has 0 saturated heterocycles. The monoisotopic (exact) mass is 256 g/mol. The van der Waals surface area contributed by atoms with Gasteiger partial charge in [0.15, 0.2) is 6.61 Å². The summed E-state index contributed by atoms with van der Waals surface area (Å²) < 4.78 is 5.53. The van der Waals surface area contributed by atoms with E-state index in [2.05, 4.69) is 10.5 Å². The number of rotatable bonds is 5. The fourth-order valence-corrected chi connectivity index (χ4v) is 1.71. The van der Waals surface area contributed by atoms with E-state index in [0.717, 1.165) is 17.2 Å². The highest BCUT2D eigenvalue weighted by molar-refractivity contribution is 5.88. The zero-order valence-electron chi connectivity index (χ0n) is 10.8. The summed E-state index contributed by atoms with van der Waals surface area (Å²) in [7, 11) is 0. The molecular formula is C15H16N2O2. The Balaban J connectivity index is 2.02. The Bertz CT molecular complexity index is 588. The number of nitrogens with zero attached hydrogens (tertiary/aromatic N) is 1. The third-order valence-corrected chi connectivity index (χ3v) is 2.57. The standard InChI is InChI=1S/C15H16N2O2/c1-2-10-16-17-15(18)11-19-14-9-5-7-12-6-3-4-8-13(12)14/h3-10H,2,11H2,1H3,(H,17,18). The normalized spacial score (nSPS) is 10.8. The van der Waals surface area contributed by atoms with E-state index in [9.17, 15) is 4.79 Å². The van der Waals surface area contributed by atoms with Crippen molar-refractivity contribution in [2.24, 2.45) is 5.10 Å². The molecule has 0 aliphatic carbocycles. The lowest BCUT2D eigenvalue weighted by Gasteiger charge is -2.08. The number of carbonyl (C=O) groups is 1. The summed E-state index contributed by atoms with van der Waals surface area (Å²) >= 11 is 0. The summed E-state index contributed by atoms with van der Waals surface area (Å²) in [5.41, 5.74) is 2.41. The Kier molecular flexibility index (Phi) is 4.50. The molecule has 2 aromatic carbocycles. The van der Waals surface area contributed by atoms with Crippen LogP contribution >= 0.6 is 0 Å². The van der Waals surface area contributed by atoms with Gasteiger partial charge in [0.2, 0.25) is 0 Å². The number of carbonyl (C=O) groups excluding carboxylic acids is 1. The largest absolute Gasteiger partial charge is 0.483 e. The maximum absolute atomic E-state index is 11.5. The van der Waals surface area contributed by atoms with Gasteiger partial charge in [-0.05, 0) is 17.9 Å². The number of amides is 1. The second kappa shape index (κ2) is 6.54. The zero-order valence-corrected chi connectivity index (χ0v) is 10.8. The fourth-order valence-electron chi connectivity index (χ4n) is 1.71. The predicted molar refractivity (Wildman–Crippen MR) is 76.4 cm³/mol. The van der Waals surface area contributed by atoms with Gasteiger partial charge >= 0.3 is 0 Å². The number of nitrogens with one attached hydrogen (secondary N) is 1. The Hall–Kier alpha value is -2.36. The summed E-state index contributed by atoms with van der Waals surface area (Å²) in [5, 5.41) is 5.84. The van der Waals surface area contributed by atoms with Gasteiger partial charge in [0.1, 0.15) is 5.75 Å². The molecule has 0 saturated carbocycles. The second-order valence-corrected chi connectivity index (χ2v) is 4.02. The van der Waals surface area contributed by atoms with Gasteiger partial charge in [0.25, 0.3) is 5.91 Å². The van der Waals surface area contributed by atoms with Crippen molar-refractivity contribution in [1.82, 2.24) is 5.43 Å². The number of benzene rings is 2. The van der Waals surface area contributed by atoms with Gasteiger partial charge in [-0.15, -0.1) is 0 Å². The molecule has 0 heterocycles. The summed E-state index contributed by atoms with van der Waals surface area (Å²) in [6.45, 7) is 1.90. The van der Waals surface area contributed by atoms with Crippen LogP contribution in [-0.4, -0.2) is 18.7 Å².